The molecule has 0 aliphatic carbocycles. The molecule has 1 amide bonds. The van der Waals surface area contributed by atoms with Crippen molar-refractivity contribution in [2.75, 3.05) is 19.0 Å². The summed E-state index contributed by atoms with van der Waals surface area (Å²) in [5.74, 6) is 0.937. The average molecular weight is 278 g/mol. The Morgan fingerprint density at radius 2 is 2.32 bits per heavy atom. The fourth-order valence-corrected chi connectivity index (χ4v) is 3.68. The molecule has 5 heteroatoms. The topological polar surface area (TPSA) is 64.4 Å². The lowest BCUT2D eigenvalue weighted by Gasteiger charge is -2.29. The molecule has 4 nitrogen and oxygen atoms in total. The number of ether oxygens (including phenoxy) is 1. The van der Waals surface area contributed by atoms with Crippen molar-refractivity contribution in [1.82, 2.24) is 5.32 Å². The van der Waals surface area contributed by atoms with Gasteiger partial charge in [0.2, 0.25) is 5.91 Å². The molecule has 3 N–H and O–H groups in total. The second-order valence-corrected chi connectivity index (χ2v) is 6.30. The van der Waals surface area contributed by atoms with E-state index in [1.54, 1.807) is 0 Å². The third-order valence-electron chi connectivity index (χ3n) is 3.77. The highest BCUT2D eigenvalue weighted by Crippen LogP contribution is 2.36. The zero-order chi connectivity index (χ0) is 13.3. The third kappa shape index (κ3) is 2.50. The van der Waals surface area contributed by atoms with Crippen LogP contribution in [0.5, 0.6) is 0 Å². The van der Waals surface area contributed by atoms with Crippen LogP contribution in [0.4, 0.5) is 0 Å². The Morgan fingerprint density at radius 3 is 3.11 bits per heavy atom. The van der Waals surface area contributed by atoms with E-state index in [1.807, 2.05) is 23.9 Å². The monoisotopic (exact) mass is 278 g/mol. The van der Waals surface area contributed by atoms with Gasteiger partial charge in [-0.1, -0.05) is 18.2 Å². The van der Waals surface area contributed by atoms with Crippen LogP contribution in [0.15, 0.2) is 29.2 Å². The largest absolute Gasteiger partial charge is 0.379 e. The second kappa shape index (κ2) is 5.15. The second-order valence-electron chi connectivity index (χ2n) is 5.16. The number of amides is 1. The molecule has 1 fully saturated rings. The maximum atomic E-state index is 12.3. The summed E-state index contributed by atoms with van der Waals surface area (Å²) in [4.78, 5) is 13.6. The fourth-order valence-electron chi connectivity index (χ4n) is 2.55. The lowest BCUT2D eigenvalue weighted by molar-refractivity contribution is -0.127. The molecule has 1 saturated heterocycles. The Bertz CT molecular complexity index is 486. The summed E-state index contributed by atoms with van der Waals surface area (Å²) in [5, 5.41) is 3.10. The number of thioether (sulfide) groups is 1. The van der Waals surface area contributed by atoms with Crippen LogP contribution in [0.1, 0.15) is 24.4 Å². The summed E-state index contributed by atoms with van der Waals surface area (Å²) in [6.45, 7) is 0.892. The summed E-state index contributed by atoms with van der Waals surface area (Å²) in [6.07, 6.45) is 1.55. The van der Waals surface area contributed by atoms with E-state index in [1.165, 1.54) is 10.5 Å². The van der Waals surface area contributed by atoms with Crippen molar-refractivity contribution in [3.63, 3.8) is 0 Å². The normalized spacial score (nSPS) is 29.8. The number of hydrogen-bond acceptors (Lipinski definition) is 4. The maximum absolute atomic E-state index is 12.3. The van der Waals surface area contributed by atoms with Crippen LogP contribution in [0.3, 0.4) is 0 Å². The quantitative estimate of drug-likeness (QED) is 0.859. The summed E-state index contributed by atoms with van der Waals surface area (Å²) < 4.78 is 5.25. The van der Waals surface area contributed by atoms with Crippen molar-refractivity contribution in [2.24, 2.45) is 5.73 Å². The lowest BCUT2D eigenvalue weighted by Crippen LogP contribution is -2.55. The van der Waals surface area contributed by atoms with Gasteiger partial charge in [-0.15, -0.1) is 11.8 Å². The van der Waals surface area contributed by atoms with E-state index in [0.717, 1.165) is 12.2 Å². The highest BCUT2D eigenvalue weighted by atomic mass is 32.2. The molecule has 0 bridgehead atoms. The summed E-state index contributed by atoms with van der Waals surface area (Å²) >= 11 is 1.84. The van der Waals surface area contributed by atoms with E-state index in [2.05, 4.69) is 17.4 Å². The van der Waals surface area contributed by atoms with Crippen LogP contribution in [-0.4, -0.2) is 30.4 Å². The highest BCUT2D eigenvalue weighted by molar-refractivity contribution is 7.99. The predicted octanol–water partition coefficient (Wildman–Crippen LogP) is 1.46. The first-order valence-electron chi connectivity index (χ1n) is 6.58. The van der Waals surface area contributed by atoms with Crippen LogP contribution in [0, 0.1) is 0 Å². The van der Waals surface area contributed by atoms with Gasteiger partial charge in [0, 0.05) is 17.3 Å². The van der Waals surface area contributed by atoms with Crippen LogP contribution >= 0.6 is 11.8 Å². The molecular formula is C14H18N2O2S. The molecule has 2 aliphatic rings. The molecular weight excluding hydrogens is 260 g/mol. The zero-order valence-corrected chi connectivity index (χ0v) is 11.5. The van der Waals surface area contributed by atoms with Gasteiger partial charge in [0.15, 0.2) is 0 Å². The van der Waals surface area contributed by atoms with Gasteiger partial charge < -0.3 is 15.8 Å². The SMILES string of the molecule is NC1(C(=O)NC2CCSc3ccccc32)CCOC1. The maximum Gasteiger partial charge on any atom is 0.243 e. The standard InChI is InChI=1S/C14H18N2O2S/c15-14(6-7-18-9-14)13(17)16-11-5-8-19-12-4-2-1-3-10(11)12/h1-4,11H,5-9,15H2,(H,16,17). The predicted molar refractivity (Wildman–Crippen MR) is 75.0 cm³/mol. The number of carbonyl (C=O) groups excluding carboxylic acids is 1. The van der Waals surface area contributed by atoms with Gasteiger partial charge in [-0.25, -0.2) is 0 Å². The minimum atomic E-state index is -0.848. The minimum absolute atomic E-state index is 0.0750. The number of nitrogens with one attached hydrogen (secondary N) is 1. The van der Waals surface area contributed by atoms with Crippen molar-refractivity contribution in [3.8, 4) is 0 Å². The van der Waals surface area contributed by atoms with Crippen LogP contribution in [0.25, 0.3) is 0 Å². The summed E-state index contributed by atoms with van der Waals surface area (Å²) in [7, 11) is 0. The van der Waals surface area contributed by atoms with Gasteiger partial charge in [-0.05, 0) is 24.5 Å². The fraction of sp³-hybridized carbons (Fsp3) is 0.500. The highest BCUT2D eigenvalue weighted by Gasteiger charge is 2.39. The Hall–Kier alpha value is -1.04. The van der Waals surface area contributed by atoms with Gasteiger partial charge in [-0.3, -0.25) is 4.79 Å². The zero-order valence-electron chi connectivity index (χ0n) is 10.7. The number of fused-ring (bicyclic) bond motifs is 1. The van der Waals surface area contributed by atoms with Crippen molar-refractivity contribution in [3.05, 3.63) is 29.8 Å². The van der Waals surface area contributed by atoms with Crippen molar-refractivity contribution in [1.29, 1.82) is 0 Å². The third-order valence-corrected chi connectivity index (χ3v) is 4.89. The van der Waals surface area contributed by atoms with Crippen LogP contribution in [-0.2, 0) is 9.53 Å². The van der Waals surface area contributed by atoms with E-state index < -0.39 is 5.54 Å². The van der Waals surface area contributed by atoms with Crippen molar-refractivity contribution < 1.29 is 9.53 Å². The first-order valence-corrected chi connectivity index (χ1v) is 7.57. The minimum Gasteiger partial charge on any atom is -0.379 e. The molecule has 2 unspecified atom stereocenters. The first-order chi connectivity index (χ1) is 9.19. The molecule has 2 atom stereocenters. The molecule has 0 saturated carbocycles. The van der Waals surface area contributed by atoms with Gasteiger partial charge in [0.05, 0.1) is 12.6 Å². The first kappa shape index (κ1) is 13.0. The average Bonchev–Trinajstić information content (AvgIpc) is 2.87. The van der Waals surface area contributed by atoms with Gasteiger partial charge in [-0.2, -0.15) is 0 Å². The van der Waals surface area contributed by atoms with E-state index in [0.29, 0.717) is 19.6 Å². The number of benzene rings is 1. The molecule has 1 aromatic rings. The Morgan fingerprint density at radius 1 is 1.47 bits per heavy atom. The number of carbonyl (C=O) groups is 1. The Balaban J connectivity index is 1.76. The molecule has 102 valence electrons. The molecule has 2 heterocycles. The molecule has 0 spiro atoms. The number of hydrogen-bond donors (Lipinski definition) is 2. The van der Waals surface area contributed by atoms with Gasteiger partial charge in [0.25, 0.3) is 0 Å². The number of nitrogens with two attached hydrogens (primary N) is 1. The van der Waals surface area contributed by atoms with E-state index in [4.69, 9.17) is 10.5 Å². The molecule has 0 radical (unpaired) electrons. The van der Waals surface area contributed by atoms with Crippen molar-refractivity contribution >= 4 is 17.7 Å². The van der Waals surface area contributed by atoms with E-state index in [9.17, 15) is 4.79 Å². The smallest absolute Gasteiger partial charge is 0.243 e. The molecule has 2 aliphatic heterocycles. The summed E-state index contributed by atoms with van der Waals surface area (Å²) in [6, 6.07) is 8.31. The molecule has 1 aromatic carbocycles. The Labute approximate surface area is 117 Å². The van der Waals surface area contributed by atoms with Gasteiger partial charge in [0.1, 0.15) is 5.54 Å². The lowest BCUT2D eigenvalue weighted by atomic mass is 9.97. The molecule has 0 aromatic heterocycles. The summed E-state index contributed by atoms with van der Waals surface area (Å²) in [5.41, 5.74) is 6.45. The van der Waals surface area contributed by atoms with Crippen molar-refractivity contribution in [2.45, 2.75) is 29.3 Å². The van der Waals surface area contributed by atoms with Crippen LogP contribution < -0.4 is 11.1 Å². The Kier molecular flexibility index (Phi) is 3.52. The molecule has 3 rings (SSSR count). The molecule has 19 heavy (non-hydrogen) atoms. The number of rotatable bonds is 2. The van der Waals surface area contributed by atoms with E-state index in [-0.39, 0.29) is 11.9 Å². The van der Waals surface area contributed by atoms with Gasteiger partial charge >= 0.3 is 0 Å². The van der Waals surface area contributed by atoms with Crippen LogP contribution in [0.2, 0.25) is 0 Å². The van der Waals surface area contributed by atoms with E-state index >= 15 is 0 Å².